The van der Waals surface area contributed by atoms with Crippen molar-refractivity contribution in [2.24, 2.45) is 0 Å². The largest absolute Gasteiger partial charge is 0.444 e. The van der Waals surface area contributed by atoms with Crippen molar-refractivity contribution in [3.8, 4) is 0 Å². The Labute approximate surface area is 103 Å². The molecule has 0 aliphatic heterocycles. The highest BCUT2D eigenvalue weighted by Crippen LogP contribution is 2.05. The van der Waals surface area contributed by atoms with Gasteiger partial charge in [-0.2, -0.15) is 0 Å². The number of amides is 1. The number of nitrogens with one attached hydrogen (secondary N) is 2. The van der Waals surface area contributed by atoms with E-state index in [1.54, 1.807) is 7.11 Å². The number of ether oxygens (including phenoxy) is 2. The van der Waals surface area contributed by atoms with Crippen LogP contribution in [0.2, 0.25) is 0 Å². The molecular weight excluding hydrogens is 224 g/mol. The molecule has 0 aromatic heterocycles. The fourth-order valence-electron chi connectivity index (χ4n) is 1.13. The molecule has 0 aromatic carbocycles. The number of hydrogen-bond acceptors (Lipinski definition) is 5. The number of rotatable bonds is 7. The maximum absolute atomic E-state index is 11.3. The summed E-state index contributed by atoms with van der Waals surface area (Å²) in [4.78, 5) is 11.3. The van der Waals surface area contributed by atoms with Crippen LogP contribution in [0.5, 0.6) is 0 Å². The fraction of sp³-hybridized carbons (Fsp3) is 0.909. The van der Waals surface area contributed by atoms with E-state index in [0.29, 0.717) is 19.7 Å². The Kier molecular flexibility index (Phi) is 7.86. The van der Waals surface area contributed by atoms with E-state index in [2.05, 4.69) is 10.6 Å². The van der Waals surface area contributed by atoms with Crippen molar-refractivity contribution in [1.29, 1.82) is 0 Å². The lowest BCUT2D eigenvalue weighted by Gasteiger charge is -2.20. The van der Waals surface area contributed by atoms with E-state index in [-0.39, 0.29) is 12.6 Å². The van der Waals surface area contributed by atoms with Crippen molar-refractivity contribution >= 4 is 6.09 Å². The van der Waals surface area contributed by atoms with Gasteiger partial charge in [-0.25, -0.2) is 4.79 Å². The first-order chi connectivity index (χ1) is 7.89. The van der Waals surface area contributed by atoms with Gasteiger partial charge < -0.3 is 25.2 Å². The van der Waals surface area contributed by atoms with Crippen LogP contribution in [-0.2, 0) is 9.47 Å². The van der Waals surface area contributed by atoms with Crippen molar-refractivity contribution in [2.75, 3.05) is 33.4 Å². The first-order valence-electron chi connectivity index (χ1n) is 5.69. The molecular formula is C11H24N2O4. The van der Waals surface area contributed by atoms with Crippen LogP contribution in [-0.4, -0.2) is 56.3 Å². The summed E-state index contributed by atoms with van der Waals surface area (Å²) >= 11 is 0. The zero-order chi connectivity index (χ0) is 13.3. The van der Waals surface area contributed by atoms with Crippen LogP contribution in [0.25, 0.3) is 0 Å². The van der Waals surface area contributed by atoms with Crippen LogP contribution < -0.4 is 10.6 Å². The Morgan fingerprint density at radius 2 is 2.00 bits per heavy atom. The van der Waals surface area contributed by atoms with Gasteiger partial charge in [0.25, 0.3) is 0 Å². The maximum atomic E-state index is 11.3. The molecule has 102 valence electrons. The third kappa shape index (κ3) is 10.0. The lowest BCUT2D eigenvalue weighted by molar-refractivity contribution is 0.0527. The van der Waals surface area contributed by atoms with Crippen molar-refractivity contribution < 1.29 is 19.4 Å². The smallest absolute Gasteiger partial charge is 0.407 e. The molecule has 0 heterocycles. The standard InChI is InChI=1S/C11H24N2O4/c1-11(2,3)17-10(15)13-6-5-12-9(7-14)8-16-4/h9,12,14H,5-8H2,1-4H3,(H,13,15). The molecule has 3 N–H and O–H groups in total. The van der Waals surface area contributed by atoms with Gasteiger partial charge >= 0.3 is 6.09 Å². The molecule has 0 saturated carbocycles. The molecule has 6 heteroatoms. The van der Waals surface area contributed by atoms with E-state index >= 15 is 0 Å². The quantitative estimate of drug-likeness (QED) is 0.557. The van der Waals surface area contributed by atoms with Crippen LogP contribution in [0.3, 0.4) is 0 Å². The SMILES string of the molecule is COCC(CO)NCCNC(=O)OC(C)(C)C. The molecule has 0 fully saturated rings. The first kappa shape index (κ1) is 16.1. The average Bonchev–Trinajstić information content (AvgIpc) is 2.20. The molecule has 0 aliphatic carbocycles. The normalized spacial score (nSPS) is 13.2. The number of alkyl carbamates (subject to hydrolysis) is 1. The number of carbonyl (C=O) groups is 1. The second kappa shape index (κ2) is 8.27. The minimum absolute atomic E-state index is 0.000275. The Morgan fingerprint density at radius 3 is 2.47 bits per heavy atom. The summed E-state index contributed by atoms with van der Waals surface area (Å²) < 4.78 is 9.97. The minimum atomic E-state index is -0.485. The number of methoxy groups -OCH3 is 1. The highest BCUT2D eigenvalue weighted by Gasteiger charge is 2.15. The molecule has 0 radical (unpaired) electrons. The van der Waals surface area contributed by atoms with Gasteiger partial charge in [-0.3, -0.25) is 0 Å². The molecule has 1 unspecified atom stereocenters. The van der Waals surface area contributed by atoms with Gasteiger partial charge in [0, 0.05) is 20.2 Å². The molecule has 17 heavy (non-hydrogen) atoms. The number of aliphatic hydroxyl groups is 1. The minimum Gasteiger partial charge on any atom is -0.444 e. The van der Waals surface area contributed by atoms with Gasteiger partial charge in [0.1, 0.15) is 5.60 Å². The van der Waals surface area contributed by atoms with Crippen LogP contribution in [0, 0.1) is 0 Å². The first-order valence-corrected chi connectivity index (χ1v) is 5.69. The summed E-state index contributed by atoms with van der Waals surface area (Å²) in [6, 6.07) is -0.111. The molecule has 0 saturated heterocycles. The third-order valence-corrected chi connectivity index (χ3v) is 1.81. The molecule has 0 bridgehead atoms. The second-order valence-electron chi connectivity index (χ2n) is 4.72. The van der Waals surface area contributed by atoms with Crippen LogP contribution in [0.1, 0.15) is 20.8 Å². The summed E-state index contributed by atoms with van der Waals surface area (Å²) in [5.41, 5.74) is -0.485. The topological polar surface area (TPSA) is 79.8 Å². The molecule has 0 spiro atoms. The van der Waals surface area contributed by atoms with Crippen molar-refractivity contribution in [1.82, 2.24) is 10.6 Å². The van der Waals surface area contributed by atoms with E-state index in [0.717, 1.165) is 0 Å². The Balaban J connectivity index is 3.60. The molecule has 1 amide bonds. The van der Waals surface area contributed by atoms with Crippen LogP contribution in [0.4, 0.5) is 4.79 Å². The zero-order valence-corrected chi connectivity index (χ0v) is 11.1. The molecule has 1 atom stereocenters. The van der Waals surface area contributed by atoms with Crippen molar-refractivity contribution in [3.63, 3.8) is 0 Å². The number of hydrogen-bond donors (Lipinski definition) is 3. The van der Waals surface area contributed by atoms with Gasteiger partial charge in [-0.15, -0.1) is 0 Å². The average molecular weight is 248 g/mol. The number of carbonyl (C=O) groups excluding carboxylic acids is 1. The monoisotopic (exact) mass is 248 g/mol. The van der Waals surface area contributed by atoms with Crippen molar-refractivity contribution in [2.45, 2.75) is 32.4 Å². The zero-order valence-electron chi connectivity index (χ0n) is 11.1. The third-order valence-electron chi connectivity index (χ3n) is 1.81. The summed E-state index contributed by atoms with van der Waals surface area (Å²) in [5.74, 6) is 0. The maximum Gasteiger partial charge on any atom is 0.407 e. The van der Waals surface area contributed by atoms with E-state index in [4.69, 9.17) is 14.6 Å². The van der Waals surface area contributed by atoms with Crippen LogP contribution in [0.15, 0.2) is 0 Å². The van der Waals surface area contributed by atoms with Crippen LogP contribution >= 0.6 is 0 Å². The highest BCUT2D eigenvalue weighted by molar-refractivity contribution is 5.67. The van der Waals surface area contributed by atoms with Gasteiger partial charge in [-0.1, -0.05) is 0 Å². The van der Waals surface area contributed by atoms with Gasteiger partial charge in [0.05, 0.1) is 19.3 Å². The summed E-state index contributed by atoms with van der Waals surface area (Å²) in [6.07, 6.45) is -0.438. The molecule has 0 aromatic rings. The number of aliphatic hydroxyl groups excluding tert-OH is 1. The van der Waals surface area contributed by atoms with E-state index < -0.39 is 11.7 Å². The van der Waals surface area contributed by atoms with Gasteiger partial charge in [0.15, 0.2) is 0 Å². The van der Waals surface area contributed by atoms with E-state index in [9.17, 15) is 4.79 Å². The second-order valence-corrected chi connectivity index (χ2v) is 4.72. The summed E-state index contributed by atoms with van der Waals surface area (Å²) in [5, 5.41) is 14.6. The predicted molar refractivity (Wildman–Crippen MR) is 65.0 cm³/mol. The lowest BCUT2D eigenvalue weighted by Crippen LogP contribution is -2.42. The highest BCUT2D eigenvalue weighted by atomic mass is 16.6. The summed E-state index contributed by atoms with van der Waals surface area (Å²) in [6.45, 7) is 6.85. The predicted octanol–water partition coefficient (Wildman–Crippen LogP) is 0.108. The van der Waals surface area contributed by atoms with Gasteiger partial charge in [-0.05, 0) is 20.8 Å². The van der Waals surface area contributed by atoms with E-state index in [1.807, 2.05) is 20.8 Å². The molecule has 0 rings (SSSR count). The molecule has 0 aliphatic rings. The van der Waals surface area contributed by atoms with Gasteiger partial charge in [0.2, 0.25) is 0 Å². The Hall–Kier alpha value is -0.850. The summed E-state index contributed by atoms with van der Waals surface area (Å²) in [7, 11) is 1.57. The van der Waals surface area contributed by atoms with Crippen molar-refractivity contribution in [3.05, 3.63) is 0 Å². The lowest BCUT2D eigenvalue weighted by atomic mass is 10.2. The van der Waals surface area contributed by atoms with E-state index in [1.165, 1.54) is 0 Å². The molecule has 6 nitrogen and oxygen atoms in total. The Morgan fingerprint density at radius 1 is 1.35 bits per heavy atom. The Bertz CT molecular complexity index is 216. The fourth-order valence-corrected chi connectivity index (χ4v) is 1.13.